The van der Waals surface area contributed by atoms with Crippen molar-refractivity contribution in [1.82, 2.24) is 10.2 Å². The number of hydrogen-bond acceptors (Lipinski definition) is 4. The van der Waals surface area contributed by atoms with E-state index in [4.69, 9.17) is 4.74 Å². The molecule has 0 bridgehead atoms. The van der Waals surface area contributed by atoms with Crippen LogP contribution in [0.2, 0.25) is 0 Å². The molecule has 1 unspecified atom stereocenters. The maximum absolute atomic E-state index is 12.8. The molecule has 1 heterocycles. The number of nitrogens with one attached hydrogen (secondary N) is 1. The summed E-state index contributed by atoms with van der Waals surface area (Å²) in [6, 6.07) is 15.2. The van der Waals surface area contributed by atoms with Crippen LogP contribution in [0.1, 0.15) is 47.3 Å². The Labute approximate surface area is 166 Å². The molecule has 0 aliphatic carbocycles. The average Bonchev–Trinajstić information content (AvgIpc) is 3.21. The third-order valence-corrected chi connectivity index (χ3v) is 5.21. The van der Waals surface area contributed by atoms with E-state index in [2.05, 4.69) is 22.3 Å². The van der Waals surface area contributed by atoms with Crippen LogP contribution in [0.15, 0.2) is 48.5 Å². The lowest BCUT2D eigenvalue weighted by Crippen LogP contribution is -2.37. The van der Waals surface area contributed by atoms with Crippen LogP contribution in [0.25, 0.3) is 0 Å². The van der Waals surface area contributed by atoms with Crippen molar-refractivity contribution in [2.45, 2.75) is 32.2 Å². The van der Waals surface area contributed by atoms with Crippen LogP contribution in [0.5, 0.6) is 5.75 Å². The summed E-state index contributed by atoms with van der Waals surface area (Å²) in [5.41, 5.74) is 2.41. The van der Waals surface area contributed by atoms with Gasteiger partial charge >= 0.3 is 0 Å². The fraction of sp³-hybridized carbons (Fsp3) is 0.391. The van der Waals surface area contributed by atoms with Crippen molar-refractivity contribution >= 4 is 11.7 Å². The van der Waals surface area contributed by atoms with Gasteiger partial charge in [-0.2, -0.15) is 0 Å². The highest BCUT2D eigenvalue weighted by Crippen LogP contribution is 2.22. The van der Waals surface area contributed by atoms with Gasteiger partial charge in [0.05, 0.1) is 19.6 Å². The second-order valence-electron chi connectivity index (χ2n) is 7.30. The largest absolute Gasteiger partial charge is 0.496 e. The molecular formula is C23H28N2O3. The number of carbonyl (C=O) groups excluding carboxylic acids is 2. The molecule has 148 valence electrons. The molecule has 0 aromatic heterocycles. The predicted octanol–water partition coefficient (Wildman–Crippen LogP) is 3.39. The molecule has 2 aromatic rings. The molecule has 1 atom stereocenters. The summed E-state index contributed by atoms with van der Waals surface area (Å²) in [5, 5.41) is 3.19. The van der Waals surface area contributed by atoms with Crippen LogP contribution in [0, 0.1) is 0 Å². The van der Waals surface area contributed by atoms with Crippen molar-refractivity contribution in [3.05, 3.63) is 65.2 Å². The SMILES string of the molecule is COc1ccc(C(C)=O)cc1CC(=O)NC(CN1CCCC1)c1ccccc1. The predicted molar refractivity (Wildman–Crippen MR) is 110 cm³/mol. The number of ether oxygens (including phenoxy) is 1. The fourth-order valence-corrected chi connectivity index (χ4v) is 3.70. The van der Waals surface area contributed by atoms with Crippen LogP contribution in [0.4, 0.5) is 0 Å². The molecular weight excluding hydrogens is 352 g/mol. The molecule has 1 amide bonds. The summed E-state index contributed by atoms with van der Waals surface area (Å²) in [6.07, 6.45) is 2.60. The first-order valence-electron chi connectivity index (χ1n) is 9.81. The molecule has 3 rings (SSSR count). The number of ketones is 1. The van der Waals surface area contributed by atoms with Gasteiger partial charge < -0.3 is 15.0 Å². The van der Waals surface area contributed by atoms with Crippen LogP contribution in [-0.4, -0.2) is 43.3 Å². The summed E-state index contributed by atoms with van der Waals surface area (Å²) in [7, 11) is 1.57. The van der Waals surface area contributed by atoms with Gasteiger partial charge in [0.1, 0.15) is 5.75 Å². The Balaban J connectivity index is 1.74. The standard InChI is InChI=1S/C23H28N2O3/c1-17(26)19-10-11-22(28-2)20(14-19)15-23(27)24-21(16-25-12-6-7-13-25)18-8-4-3-5-9-18/h3-5,8-11,14,21H,6-7,12-13,15-16H2,1-2H3,(H,24,27). The molecule has 5 nitrogen and oxygen atoms in total. The van der Waals surface area contributed by atoms with E-state index < -0.39 is 0 Å². The molecule has 1 saturated heterocycles. The van der Waals surface area contributed by atoms with Crippen LogP contribution >= 0.6 is 0 Å². The van der Waals surface area contributed by atoms with E-state index in [1.807, 2.05) is 18.2 Å². The van der Waals surface area contributed by atoms with Crippen LogP contribution in [-0.2, 0) is 11.2 Å². The van der Waals surface area contributed by atoms with E-state index in [-0.39, 0.29) is 24.2 Å². The quantitative estimate of drug-likeness (QED) is 0.713. The summed E-state index contributed by atoms with van der Waals surface area (Å²) in [4.78, 5) is 26.9. The highest BCUT2D eigenvalue weighted by atomic mass is 16.5. The van der Waals surface area contributed by atoms with Gasteiger partial charge in [0.2, 0.25) is 5.91 Å². The smallest absolute Gasteiger partial charge is 0.225 e. The lowest BCUT2D eigenvalue weighted by atomic mass is 10.0. The minimum atomic E-state index is -0.0768. The van der Waals surface area contributed by atoms with Gasteiger partial charge in [0, 0.05) is 17.7 Å². The Morgan fingerprint density at radius 3 is 2.46 bits per heavy atom. The van der Waals surface area contributed by atoms with Crippen molar-refractivity contribution in [3.63, 3.8) is 0 Å². The normalized spacial score (nSPS) is 15.2. The number of methoxy groups -OCH3 is 1. The Hall–Kier alpha value is -2.66. The van der Waals surface area contributed by atoms with Crippen LogP contribution in [0.3, 0.4) is 0 Å². The Morgan fingerprint density at radius 2 is 1.82 bits per heavy atom. The minimum absolute atomic E-state index is 0.0273. The third kappa shape index (κ3) is 5.20. The number of carbonyl (C=O) groups is 2. The molecule has 0 spiro atoms. The highest BCUT2D eigenvalue weighted by molar-refractivity contribution is 5.94. The zero-order chi connectivity index (χ0) is 19.9. The number of likely N-dealkylation sites (tertiary alicyclic amines) is 1. The minimum Gasteiger partial charge on any atom is -0.496 e. The Morgan fingerprint density at radius 1 is 1.11 bits per heavy atom. The first kappa shape index (κ1) is 20.1. The average molecular weight is 380 g/mol. The van der Waals surface area contributed by atoms with Crippen molar-refractivity contribution in [2.75, 3.05) is 26.7 Å². The lowest BCUT2D eigenvalue weighted by Gasteiger charge is -2.25. The summed E-state index contributed by atoms with van der Waals surface area (Å²) < 4.78 is 5.38. The van der Waals surface area contributed by atoms with Gasteiger partial charge in [-0.25, -0.2) is 0 Å². The van der Waals surface area contributed by atoms with E-state index >= 15 is 0 Å². The molecule has 1 fully saturated rings. The number of amides is 1. The van der Waals surface area contributed by atoms with E-state index in [1.54, 1.807) is 25.3 Å². The molecule has 1 N–H and O–H groups in total. The number of benzene rings is 2. The summed E-state index contributed by atoms with van der Waals surface area (Å²) in [5.74, 6) is 0.517. The number of rotatable bonds is 8. The maximum Gasteiger partial charge on any atom is 0.225 e. The zero-order valence-electron chi connectivity index (χ0n) is 16.6. The first-order chi connectivity index (χ1) is 13.6. The fourth-order valence-electron chi connectivity index (χ4n) is 3.70. The molecule has 1 aliphatic heterocycles. The molecule has 2 aromatic carbocycles. The van der Waals surface area contributed by atoms with Gasteiger partial charge in [0.25, 0.3) is 0 Å². The van der Waals surface area contributed by atoms with Crippen molar-refractivity contribution in [3.8, 4) is 5.75 Å². The number of hydrogen-bond donors (Lipinski definition) is 1. The van der Waals surface area contributed by atoms with Crippen molar-refractivity contribution in [2.24, 2.45) is 0 Å². The van der Waals surface area contributed by atoms with Crippen molar-refractivity contribution < 1.29 is 14.3 Å². The van der Waals surface area contributed by atoms with E-state index in [0.717, 1.165) is 30.8 Å². The Bertz CT molecular complexity index is 814. The van der Waals surface area contributed by atoms with E-state index in [1.165, 1.54) is 19.8 Å². The van der Waals surface area contributed by atoms with Gasteiger partial charge in [-0.15, -0.1) is 0 Å². The second kappa shape index (κ2) is 9.51. The van der Waals surface area contributed by atoms with Crippen molar-refractivity contribution in [1.29, 1.82) is 0 Å². The maximum atomic E-state index is 12.8. The van der Waals surface area contributed by atoms with E-state index in [0.29, 0.717) is 11.3 Å². The summed E-state index contributed by atoms with van der Waals surface area (Å²) in [6.45, 7) is 4.48. The highest BCUT2D eigenvalue weighted by Gasteiger charge is 2.21. The zero-order valence-corrected chi connectivity index (χ0v) is 16.6. The van der Waals surface area contributed by atoms with Gasteiger partial charge in [-0.3, -0.25) is 9.59 Å². The van der Waals surface area contributed by atoms with Gasteiger partial charge in [-0.05, 0) is 56.6 Å². The molecule has 1 aliphatic rings. The van der Waals surface area contributed by atoms with E-state index in [9.17, 15) is 9.59 Å². The number of nitrogens with zero attached hydrogens (tertiary/aromatic N) is 1. The molecule has 0 radical (unpaired) electrons. The Kier molecular flexibility index (Phi) is 6.82. The topological polar surface area (TPSA) is 58.6 Å². The summed E-state index contributed by atoms with van der Waals surface area (Å²) >= 11 is 0. The molecule has 28 heavy (non-hydrogen) atoms. The van der Waals surface area contributed by atoms with Gasteiger partial charge in [0.15, 0.2) is 5.78 Å². The second-order valence-corrected chi connectivity index (χ2v) is 7.30. The van der Waals surface area contributed by atoms with Crippen LogP contribution < -0.4 is 10.1 Å². The molecule has 0 saturated carbocycles. The molecule has 5 heteroatoms. The first-order valence-corrected chi connectivity index (χ1v) is 9.81. The number of Topliss-reactive ketones (excluding diaryl/α,β-unsaturated/α-hetero) is 1. The lowest BCUT2D eigenvalue weighted by molar-refractivity contribution is -0.121. The third-order valence-electron chi connectivity index (χ3n) is 5.21. The van der Waals surface area contributed by atoms with Gasteiger partial charge in [-0.1, -0.05) is 30.3 Å². The monoisotopic (exact) mass is 380 g/mol.